The molecule has 0 spiro atoms. The van der Waals surface area contributed by atoms with Crippen molar-refractivity contribution in [2.45, 2.75) is 13.3 Å². The summed E-state index contributed by atoms with van der Waals surface area (Å²) in [5.74, 6) is -0.00958. The number of hydrogen-bond acceptors (Lipinski definition) is 2. The molecule has 0 unspecified atom stereocenters. The SMILES string of the molecule is CCOCCC(=O)Nc1ccc(I)cc1. The van der Waals surface area contributed by atoms with Crippen LogP contribution in [-0.4, -0.2) is 19.1 Å². The van der Waals surface area contributed by atoms with Gasteiger partial charge in [-0.3, -0.25) is 4.79 Å². The van der Waals surface area contributed by atoms with Gasteiger partial charge >= 0.3 is 0 Å². The van der Waals surface area contributed by atoms with Gasteiger partial charge in [-0.2, -0.15) is 0 Å². The van der Waals surface area contributed by atoms with Crippen LogP contribution in [0.1, 0.15) is 13.3 Å². The van der Waals surface area contributed by atoms with E-state index in [1.165, 1.54) is 0 Å². The van der Waals surface area contributed by atoms with E-state index in [-0.39, 0.29) is 5.91 Å². The number of anilines is 1. The average molecular weight is 319 g/mol. The van der Waals surface area contributed by atoms with E-state index in [4.69, 9.17) is 4.74 Å². The average Bonchev–Trinajstić information content (AvgIpc) is 2.22. The zero-order valence-electron chi connectivity index (χ0n) is 8.63. The second-order valence-electron chi connectivity index (χ2n) is 3.00. The van der Waals surface area contributed by atoms with E-state index in [9.17, 15) is 4.79 Å². The Morgan fingerprint density at radius 2 is 2.07 bits per heavy atom. The molecule has 0 saturated heterocycles. The fourth-order valence-electron chi connectivity index (χ4n) is 1.07. The van der Waals surface area contributed by atoms with E-state index in [1.807, 2.05) is 31.2 Å². The summed E-state index contributed by atoms with van der Waals surface area (Å²) in [7, 11) is 0. The Morgan fingerprint density at radius 1 is 1.40 bits per heavy atom. The van der Waals surface area contributed by atoms with Gasteiger partial charge in [-0.25, -0.2) is 0 Å². The molecule has 1 aromatic carbocycles. The van der Waals surface area contributed by atoms with Gasteiger partial charge in [0.05, 0.1) is 13.0 Å². The highest BCUT2D eigenvalue weighted by atomic mass is 127. The molecule has 0 saturated carbocycles. The van der Waals surface area contributed by atoms with E-state index in [2.05, 4.69) is 27.9 Å². The van der Waals surface area contributed by atoms with Crippen LogP contribution in [0.5, 0.6) is 0 Å². The van der Waals surface area contributed by atoms with Crippen molar-refractivity contribution in [3.05, 3.63) is 27.8 Å². The third-order valence-electron chi connectivity index (χ3n) is 1.81. The Morgan fingerprint density at radius 3 is 2.67 bits per heavy atom. The molecular weight excluding hydrogens is 305 g/mol. The highest BCUT2D eigenvalue weighted by Gasteiger charge is 2.01. The second-order valence-corrected chi connectivity index (χ2v) is 4.25. The number of ether oxygens (including phenoxy) is 1. The molecule has 4 heteroatoms. The summed E-state index contributed by atoms with van der Waals surface area (Å²) in [6, 6.07) is 7.69. The minimum absolute atomic E-state index is 0.00958. The van der Waals surface area contributed by atoms with Crippen LogP contribution < -0.4 is 5.32 Å². The maximum absolute atomic E-state index is 11.4. The molecule has 0 bridgehead atoms. The molecule has 1 rings (SSSR count). The monoisotopic (exact) mass is 319 g/mol. The predicted octanol–water partition coefficient (Wildman–Crippen LogP) is 2.66. The number of carbonyl (C=O) groups is 1. The summed E-state index contributed by atoms with van der Waals surface area (Å²) in [6.45, 7) is 3.04. The van der Waals surface area contributed by atoms with Gasteiger partial charge in [0.1, 0.15) is 0 Å². The van der Waals surface area contributed by atoms with Crippen molar-refractivity contribution in [2.75, 3.05) is 18.5 Å². The third-order valence-corrected chi connectivity index (χ3v) is 2.52. The molecule has 0 aliphatic rings. The topological polar surface area (TPSA) is 38.3 Å². The van der Waals surface area contributed by atoms with Gasteiger partial charge in [-0.05, 0) is 53.8 Å². The quantitative estimate of drug-likeness (QED) is 0.669. The van der Waals surface area contributed by atoms with Crippen LogP contribution in [0.25, 0.3) is 0 Å². The molecule has 0 atom stereocenters. The van der Waals surface area contributed by atoms with Gasteiger partial charge in [-0.1, -0.05) is 0 Å². The highest BCUT2D eigenvalue weighted by molar-refractivity contribution is 14.1. The minimum atomic E-state index is -0.00958. The molecule has 0 aromatic heterocycles. The fourth-order valence-corrected chi connectivity index (χ4v) is 1.43. The molecule has 3 nitrogen and oxygen atoms in total. The number of amides is 1. The molecule has 15 heavy (non-hydrogen) atoms. The number of nitrogens with one attached hydrogen (secondary N) is 1. The standard InChI is InChI=1S/C11H14INO2/c1-2-15-8-7-11(14)13-10-5-3-9(12)4-6-10/h3-6H,2,7-8H2,1H3,(H,13,14). The fraction of sp³-hybridized carbons (Fsp3) is 0.364. The first-order valence-electron chi connectivity index (χ1n) is 4.85. The van der Waals surface area contributed by atoms with Crippen LogP contribution >= 0.6 is 22.6 Å². The van der Waals surface area contributed by atoms with Crippen molar-refractivity contribution in [1.82, 2.24) is 0 Å². The first kappa shape index (κ1) is 12.4. The number of hydrogen-bond donors (Lipinski definition) is 1. The first-order valence-corrected chi connectivity index (χ1v) is 5.93. The van der Waals surface area contributed by atoms with E-state index in [0.717, 1.165) is 9.26 Å². The molecule has 0 fully saturated rings. The summed E-state index contributed by atoms with van der Waals surface area (Å²) >= 11 is 2.23. The second kappa shape index (κ2) is 6.79. The van der Waals surface area contributed by atoms with Crippen LogP contribution in [0.2, 0.25) is 0 Å². The van der Waals surface area contributed by atoms with Crippen molar-refractivity contribution in [1.29, 1.82) is 0 Å². The largest absolute Gasteiger partial charge is 0.381 e. The molecular formula is C11H14INO2. The van der Waals surface area contributed by atoms with Crippen molar-refractivity contribution < 1.29 is 9.53 Å². The van der Waals surface area contributed by atoms with Crippen LogP contribution in [-0.2, 0) is 9.53 Å². The Balaban J connectivity index is 2.34. The smallest absolute Gasteiger partial charge is 0.226 e. The van der Waals surface area contributed by atoms with Crippen molar-refractivity contribution >= 4 is 34.2 Å². The van der Waals surface area contributed by atoms with Crippen molar-refractivity contribution in [3.8, 4) is 0 Å². The number of carbonyl (C=O) groups excluding carboxylic acids is 1. The normalized spacial score (nSPS) is 10.0. The van der Waals surface area contributed by atoms with E-state index < -0.39 is 0 Å². The van der Waals surface area contributed by atoms with E-state index in [1.54, 1.807) is 0 Å². The lowest BCUT2D eigenvalue weighted by atomic mass is 10.3. The van der Waals surface area contributed by atoms with Gasteiger partial charge in [0.15, 0.2) is 0 Å². The molecule has 0 aliphatic carbocycles. The predicted molar refractivity (Wildman–Crippen MR) is 68.9 cm³/mol. The Kier molecular flexibility index (Phi) is 5.63. The van der Waals surface area contributed by atoms with Crippen LogP contribution in [0.15, 0.2) is 24.3 Å². The summed E-state index contributed by atoms with van der Waals surface area (Å²) in [5, 5.41) is 2.81. The Bertz CT molecular complexity index is 311. The Labute approximate surface area is 103 Å². The van der Waals surface area contributed by atoms with Crippen molar-refractivity contribution in [2.24, 2.45) is 0 Å². The molecule has 82 valence electrons. The van der Waals surface area contributed by atoms with Gasteiger partial charge in [0, 0.05) is 15.9 Å². The highest BCUT2D eigenvalue weighted by Crippen LogP contribution is 2.11. The van der Waals surface area contributed by atoms with Gasteiger partial charge < -0.3 is 10.1 Å². The molecule has 1 aromatic rings. The lowest BCUT2D eigenvalue weighted by molar-refractivity contribution is -0.117. The summed E-state index contributed by atoms with van der Waals surface area (Å²) in [5.41, 5.74) is 0.830. The number of rotatable bonds is 5. The van der Waals surface area contributed by atoms with Gasteiger partial charge in [0.2, 0.25) is 5.91 Å². The maximum Gasteiger partial charge on any atom is 0.226 e. The summed E-state index contributed by atoms with van der Waals surface area (Å²) in [4.78, 5) is 11.4. The lowest BCUT2D eigenvalue weighted by Gasteiger charge is -2.05. The molecule has 0 aliphatic heterocycles. The third kappa shape index (κ3) is 5.13. The lowest BCUT2D eigenvalue weighted by Crippen LogP contribution is -2.14. The maximum atomic E-state index is 11.4. The number of benzene rings is 1. The number of halogens is 1. The molecule has 0 radical (unpaired) electrons. The minimum Gasteiger partial charge on any atom is -0.381 e. The van der Waals surface area contributed by atoms with E-state index >= 15 is 0 Å². The van der Waals surface area contributed by atoms with Crippen LogP contribution in [0.4, 0.5) is 5.69 Å². The molecule has 1 amide bonds. The first-order chi connectivity index (χ1) is 7.22. The molecule has 1 N–H and O–H groups in total. The Hall–Kier alpha value is -0.620. The van der Waals surface area contributed by atoms with Gasteiger partial charge in [-0.15, -0.1) is 0 Å². The molecule has 0 heterocycles. The van der Waals surface area contributed by atoms with Crippen LogP contribution in [0.3, 0.4) is 0 Å². The van der Waals surface area contributed by atoms with Crippen LogP contribution in [0, 0.1) is 3.57 Å². The zero-order valence-corrected chi connectivity index (χ0v) is 10.8. The van der Waals surface area contributed by atoms with E-state index in [0.29, 0.717) is 19.6 Å². The zero-order chi connectivity index (χ0) is 11.1. The summed E-state index contributed by atoms with van der Waals surface area (Å²) in [6.07, 6.45) is 0.403. The van der Waals surface area contributed by atoms with Gasteiger partial charge in [0.25, 0.3) is 0 Å². The summed E-state index contributed by atoms with van der Waals surface area (Å²) < 4.78 is 6.25. The van der Waals surface area contributed by atoms with Crippen molar-refractivity contribution in [3.63, 3.8) is 0 Å².